The Labute approximate surface area is 196 Å². The van der Waals surface area contributed by atoms with Crippen molar-refractivity contribution in [2.24, 2.45) is 11.8 Å². The minimum Gasteiger partial charge on any atom is -0.390 e. The van der Waals surface area contributed by atoms with E-state index in [-0.39, 0.29) is 17.9 Å². The highest BCUT2D eigenvalue weighted by atomic mass is 16.5. The topological polar surface area (TPSA) is 88.9 Å². The van der Waals surface area contributed by atoms with Crippen LogP contribution in [0, 0.1) is 11.8 Å². The fourth-order valence-electron chi connectivity index (χ4n) is 4.42. The van der Waals surface area contributed by atoms with Crippen LogP contribution >= 0.6 is 0 Å². The van der Waals surface area contributed by atoms with Gasteiger partial charge in [-0.05, 0) is 30.9 Å². The van der Waals surface area contributed by atoms with E-state index in [2.05, 4.69) is 19.2 Å². The number of amides is 1. The fourth-order valence-corrected chi connectivity index (χ4v) is 4.42. The van der Waals surface area contributed by atoms with Crippen LogP contribution in [0.25, 0.3) is 17.2 Å². The van der Waals surface area contributed by atoms with Crippen LogP contribution in [0.4, 0.5) is 0 Å². The summed E-state index contributed by atoms with van der Waals surface area (Å²) in [6.07, 6.45) is 4.83. The number of nitrogens with one attached hydrogen (secondary N) is 1. The number of aliphatic hydroxyl groups is 1. The van der Waals surface area contributed by atoms with Gasteiger partial charge in [0.05, 0.1) is 23.7 Å². The third-order valence-corrected chi connectivity index (χ3v) is 6.04. The molecule has 1 aromatic carbocycles. The van der Waals surface area contributed by atoms with Crippen LogP contribution in [0.3, 0.4) is 0 Å². The number of piperidine rings is 1. The van der Waals surface area contributed by atoms with Gasteiger partial charge in [-0.15, -0.1) is 0 Å². The van der Waals surface area contributed by atoms with Crippen molar-refractivity contribution in [1.29, 1.82) is 0 Å². The first-order valence-corrected chi connectivity index (χ1v) is 11.8. The quantitative estimate of drug-likeness (QED) is 0.503. The molecule has 1 fully saturated rings. The molecule has 0 aliphatic carbocycles. The normalized spacial score (nSPS) is 20.1. The van der Waals surface area contributed by atoms with Gasteiger partial charge in [-0.1, -0.05) is 32.1 Å². The van der Waals surface area contributed by atoms with Gasteiger partial charge in [-0.3, -0.25) is 9.36 Å². The van der Waals surface area contributed by atoms with E-state index >= 15 is 0 Å². The number of carbonyl (C=O) groups is 1. The number of hydrogen-bond donors (Lipinski definition) is 2. The lowest BCUT2D eigenvalue weighted by Gasteiger charge is -2.39. The predicted molar refractivity (Wildman–Crippen MR) is 130 cm³/mol. The molecule has 2 aromatic rings. The highest BCUT2D eigenvalue weighted by molar-refractivity contribution is 5.96. The summed E-state index contributed by atoms with van der Waals surface area (Å²) in [7, 11) is 3.27. The van der Waals surface area contributed by atoms with Crippen LogP contribution in [-0.2, 0) is 9.47 Å². The minimum atomic E-state index is -0.561. The molecule has 3 atom stereocenters. The lowest BCUT2D eigenvalue weighted by Crippen LogP contribution is -2.54. The molecule has 3 rings (SSSR count). The number of aliphatic hydroxyl groups excluding tert-OH is 1. The molecule has 2 heterocycles. The Morgan fingerprint density at radius 1 is 1.30 bits per heavy atom. The molecule has 1 aliphatic rings. The van der Waals surface area contributed by atoms with E-state index < -0.39 is 6.10 Å². The van der Waals surface area contributed by atoms with Gasteiger partial charge in [0.2, 0.25) is 5.82 Å². The molecule has 0 spiro atoms. The number of aromatic nitrogens is 2. The number of para-hydroxylation sites is 2. The van der Waals surface area contributed by atoms with Gasteiger partial charge in [-0.25, -0.2) is 4.98 Å². The maximum Gasteiger partial charge on any atom is 0.290 e. The first kappa shape index (κ1) is 25.4. The van der Waals surface area contributed by atoms with Crippen molar-refractivity contribution in [3.63, 3.8) is 0 Å². The van der Waals surface area contributed by atoms with E-state index in [1.54, 1.807) is 14.2 Å². The standard InChI is InChI=1S/C25H38N4O4/c1-18(2)16-29(20-13-19(14-26-15-20)23(30)17-33-4)25(31)24-27-21-9-5-6-10-22(21)28(24)11-7-8-12-32-3/h5-7,9-11,18-20,23,26,30H,8,12-17H2,1-4H3/b11-7+/t19?,20-,23?/m0/s1. The van der Waals surface area contributed by atoms with Crippen LogP contribution in [0.1, 0.15) is 37.3 Å². The third kappa shape index (κ3) is 6.41. The highest BCUT2D eigenvalue weighted by Crippen LogP contribution is 2.24. The molecular weight excluding hydrogens is 420 g/mol. The van der Waals surface area contributed by atoms with Gasteiger partial charge in [-0.2, -0.15) is 0 Å². The van der Waals surface area contributed by atoms with Crippen molar-refractivity contribution in [1.82, 2.24) is 19.8 Å². The lowest BCUT2D eigenvalue weighted by molar-refractivity contribution is 0.00235. The smallest absolute Gasteiger partial charge is 0.290 e. The molecule has 1 aliphatic heterocycles. The number of methoxy groups -OCH3 is 2. The summed E-state index contributed by atoms with van der Waals surface area (Å²) in [6.45, 7) is 7.16. The zero-order valence-corrected chi connectivity index (χ0v) is 20.2. The number of hydrogen-bond acceptors (Lipinski definition) is 6. The summed E-state index contributed by atoms with van der Waals surface area (Å²) in [5.41, 5.74) is 1.69. The SMILES string of the molecule is COCC/C=C/n1c(C(=O)N(CC(C)C)[C@@H]2CNCC(C(O)COC)C2)nc2ccccc21. The molecule has 0 radical (unpaired) electrons. The van der Waals surface area contributed by atoms with E-state index in [0.717, 1.165) is 23.9 Å². The fraction of sp³-hybridized carbons (Fsp3) is 0.600. The van der Waals surface area contributed by atoms with Gasteiger partial charge >= 0.3 is 0 Å². The van der Waals surface area contributed by atoms with E-state index in [4.69, 9.17) is 14.5 Å². The molecular formula is C25H38N4O4. The average Bonchev–Trinajstić information content (AvgIpc) is 3.18. The van der Waals surface area contributed by atoms with Crippen LogP contribution < -0.4 is 5.32 Å². The van der Waals surface area contributed by atoms with Gasteiger partial charge in [0.15, 0.2) is 0 Å². The van der Waals surface area contributed by atoms with Gasteiger partial charge in [0.1, 0.15) is 0 Å². The second kappa shape index (κ2) is 12.3. The Bertz CT molecular complexity index is 926. The molecule has 33 heavy (non-hydrogen) atoms. The number of imidazole rings is 1. The summed E-state index contributed by atoms with van der Waals surface area (Å²) in [5.74, 6) is 0.641. The third-order valence-electron chi connectivity index (χ3n) is 6.04. The zero-order chi connectivity index (χ0) is 23.8. The summed E-state index contributed by atoms with van der Waals surface area (Å²) >= 11 is 0. The monoisotopic (exact) mass is 458 g/mol. The number of carbonyl (C=O) groups excluding carboxylic acids is 1. The molecule has 8 nitrogen and oxygen atoms in total. The number of rotatable bonds is 11. The highest BCUT2D eigenvalue weighted by Gasteiger charge is 2.35. The van der Waals surface area contributed by atoms with Crippen molar-refractivity contribution < 1.29 is 19.4 Å². The summed E-state index contributed by atoms with van der Waals surface area (Å²) in [5, 5.41) is 13.9. The first-order chi connectivity index (χ1) is 16.0. The Hall–Kier alpha value is -2.26. The maximum atomic E-state index is 13.9. The average molecular weight is 459 g/mol. The Kier molecular flexibility index (Phi) is 9.43. The molecule has 1 aromatic heterocycles. The second-order valence-corrected chi connectivity index (χ2v) is 9.14. The minimum absolute atomic E-state index is 0.0268. The number of ether oxygens (including phenoxy) is 2. The molecule has 8 heteroatoms. The summed E-state index contributed by atoms with van der Waals surface area (Å²) in [4.78, 5) is 20.6. The lowest BCUT2D eigenvalue weighted by atomic mass is 9.89. The Morgan fingerprint density at radius 2 is 2.09 bits per heavy atom. The molecule has 2 unspecified atom stereocenters. The number of fused-ring (bicyclic) bond motifs is 1. The summed E-state index contributed by atoms with van der Waals surface area (Å²) < 4.78 is 12.2. The van der Waals surface area contributed by atoms with Gasteiger partial charge in [0.25, 0.3) is 5.91 Å². The summed E-state index contributed by atoms with van der Waals surface area (Å²) in [6, 6.07) is 7.76. The van der Waals surface area contributed by atoms with Crippen LogP contribution in [0.2, 0.25) is 0 Å². The molecule has 182 valence electrons. The predicted octanol–water partition coefficient (Wildman–Crippen LogP) is 2.63. The Balaban J connectivity index is 1.92. The van der Waals surface area contributed by atoms with E-state index in [9.17, 15) is 9.90 Å². The molecule has 0 saturated carbocycles. The van der Waals surface area contributed by atoms with Crippen LogP contribution in [0.15, 0.2) is 30.3 Å². The van der Waals surface area contributed by atoms with Gasteiger partial charge in [0, 0.05) is 58.6 Å². The van der Waals surface area contributed by atoms with Crippen molar-refractivity contribution in [3.05, 3.63) is 36.2 Å². The largest absolute Gasteiger partial charge is 0.390 e. The van der Waals surface area contributed by atoms with Crippen LogP contribution in [-0.4, -0.2) is 84.7 Å². The molecule has 0 bridgehead atoms. The second-order valence-electron chi connectivity index (χ2n) is 9.14. The van der Waals surface area contributed by atoms with Crippen molar-refractivity contribution in [2.75, 3.05) is 47.1 Å². The molecule has 1 saturated heterocycles. The van der Waals surface area contributed by atoms with Crippen molar-refractivity contribution >= 4 is 23.1 Å². The van der Waals surface area contributed by atoms with Crippen molar-refractivity contribution in [2.45, 2.75) is 38.8 Å². The first-order valence-electron chi connectivity index (χ1n) is 11.8. The van der Waals surface area contributed by atoms with E-state index in [0.29, 0.717) is 44.6 Å². The van der Waals surface area contributed by atoms with Gasteiger partial charge < -0.3 is 24.8 Å². The zero-order valence-electron chi connectivity index (χ0n) is 20.2. The maximum absolute atomic E-state index is 13.9. The van der Waals surface area contributed by atoms with E-state index in [1.165, 1.54) is 0 Å². The molecule has 1 amide bonds. The van der Waals surface area contributed by atoms with Crippen molar-refractivity contribution in [3.8, 4) is 0 Å². The van der Waals surface area contributed by atoms with Crippen LogP contribution in [0.5, 0.6) is 0 Å². The number of benzene rings is 1. The number of nitrogens with zero attached hydrogens (tertiary/aromatic N) is 3. The Morgan fingerprint density at radius 3 is 2.82 bits per heavy atom. The molecule has 2 N–H and O–H groups in total. The van der Waals surface area contributed by atoms with E-state index in [1.807, 2.05) is 46.0 Å².